The van der Waals surface area contributed by atoms with Crippen LogP contribution in [0.5, 0.6) is 0 Å². The predicted molar refractivity (Wildman–Crippen MR) is 109 cm³/mol. The van der Waals surface area contributed by atoms with E-state index in [1.165, 1.54) is 12.1 Å². The van der Waals surface area contributed by atoms with E-state index in [0.717, 1.165) is 12.1 Å². The topological polar surface area (TPSA) is 35.5 Å². The molecule has 3 rings (SSSR count). The molecule has 2 aromatic rings. The van der Waals surface area contributed by atoms with Crippen LogP contribution in [0.15, 0.2) is 42.5 Å². The molecule has 0 spiro atoms. The molecule has 0 bridgehead atoms. The molecular formula is C19H17Cl2F3N2OS. The van der Waals surface area contributed by atoms with Crippen molar-refractivity contribution in [2.45, 2.75) is 24.6 Å². The molecule has 28 heavy (non-hydrogen) atoms. The molecule has 0 saturated carbocycles. The van der Waals surface area contributed by atoms with E-state index in [0.29, 0.717) is 33.9 Å². The molecule has 1 fully saturated rings. The molecule has 1 saturated heterocycles. The van der Waals surface area contributed by atoms with Crippen LogP contribution in [-0.4, -0.2) is 28.2 Å². The second-order valence-electron chi connectivity index (χ2n) is 6.69. The largest absolute Gasteiger partial charge is 0.416 e. The number of thiocarbonyl (C=S) groups is 1. The van der Waals surface area contributed by atoms with E-state index in [1.807, 2.05) is 4.90 Å². The zero-order chi connectivity index (χ0) is 20.5. The van der Waals surface area contributed by atoms with Crippen molar-refractivity contribution in [2.75, 3.05) is 18.4 Å². The molecule has 150 valence electrons. The van der Waals surface area contributed by atoms with Gasteiger partial charge in [0.2, 0.25) is 0 Å². The number of halogens is 5. The Morgan fingerprint density at radius 1 is 1.07 bits per heavy atom. The summed E-state index contributed by atoms with van der Waals surface area (Å²) < 4.78 is 38.9. The maximum absolute atomic E-state index is 13.0. The second kappa shape index (κ2) is 8.06. The van der Waals surface area contributed by atoms with Gasteiger partial charge in [-0.2, -0.15) is 13.2 Å². The van der Waals surface area contributed by atoms with Crippen molar-refractivity contribution in [2.24, 2.45) is 0 Å². The summed E-state index contributed by atoms with van der Waals surface area (Å²) in [7, 11) is 0. The molecule has 0 aliphatic carbocycles. The van der Waals surface area contributed by atoms with E-state index in [9.17, 15) is 18.3 Å². The van der Waals surface area contributed by atoms with Gasteiger partial charge in [-0.3, -0.25) is 0 Å². The number of alkyl halides is 3. The van der Waals surface area contributed by atoms with E-state index in [4.69, 9.17) is 35.4 Å². The first-order valence-corrected chi connectivity index (χ1v) is 9.65. The molecule has 0 amide bonds. The SMILES string of the molecule is OC1(c2cccc(C(F)(F)F)c2)CCN(C(=S)Nc2cc(Cl)cc(Cl)c2)CC1. The second-order valence-corrected chi connectivity index (χ2v) is 7.95. The Morgan fingerprint density at radius 3 is 2.25 bits per heavy atom. The number of piperidine rings is 1. The molecule has 0 atom stereocenters. The minimum atomic E-state index is -4.45. The van der Waals surface area contributed by atoms with E-state index < -0.39 is 17.3 Å². The number of hydrogen-bond acceptors (Lipinski definition) is 2. The van der Waals surface area contributed by atoms with Crippen LogP contribution in [-0.2, 0) is 11.8 Å². The van der Waals surface area contributed by atoms with Crippen molar-refractivity contribution in [1.29, 1.82) is 0 Å². The standard InChI is InChI=1S/C19H17Cl2F3N2OS/c20-14-9-15(21)11-16(10-14)25-17(28)26-6-4-18(27,5-7-26)12-2-1-3-13(8-12)19(22,23)24/h1-3,8-11,27H,4-7H2,(H,25,28). The Balaban J connectivity index is 1.67. The van der Waals surface area contributed by atoms with Gasteiger partial charge in [-0.1, -0.05) is 35.3 Å². The molecule has 0 aromatic heterocycles. The van der Waals surface area contributed by atoms with Crippen LogP contribution >= 0.6 is 35.4 Å². The summed E-state index contributed by atoms with van der Waals surface area (Å²) in [5, 5.41) is 15.3. The summed E-state index contributed by atoms with van der Waals surface area (Å²) in [5.74, 6) is 0. The molecule has 1 aliphatic heterocycles. The first kappa shape index (κ1) is 21.2. The smallest absolute Gasteiger partial charge is 0.385 e. The highest BCUT2D eigenvalue weighted by Gasteiger charge is 2.37. The molecule has 0 unspecified atom stereocenters. The minimum Gasteiger partial charge on any atom is -0.385 e. The van der Waals surface area contributed by atoms with Crippen LogP contribution in [0.1, 0.15) is 24.0 Å². The van der Waals surface area contributed by atoms with Crippen molar-refractivity contribution in [1.82, 2.24) is 4.90 Å². The van der Waals surface area contributed by atoms with Gasteiger partial charge in [-0.05, 0) is 61.0 Å². The van der Waals surface area contributed by atoms with Gasteiger partial charge in [0.25, 0.3) is 0 Å². The van der Waals surface area contributed by atoms with Gasteiger partial charge in [0.05, 0.1) is 11.2 Å². The Bertz CT molecular complexity index is 863. The monoisotopic (exact) mass is 448 g/mol. The third kappa shape index (κ3) is 4.89. The van der Waals surface area contributed by atoms with E-state index in [-0.39, 0.29) is 18.4 Å². The summed E-state index contributed by atoms with van der Waals surface area (Å²) in [5.41, 5.74) is -1.19. The molecule has 2 aromatic carbocycles. The number of nitrogens with one attached hydrogen (secondary N) is 1. The molecule has 2 N–H and O–H groups in total. The summed E-state index contributed by atoms with van der Waals surface area (Å²) in [6.45, 7) is 0.791. The zero-order valence-corrected chi connectivity index (χ0v) is 16.9. The Hall–Kier alpha value is -1.54. The van der Waals surface area contributed by atoms with Crippen LogP contribution in [0.25, 0.3) is 0 Å². The fourth-order valence-electron chi connectivity index (χ4n) is 3.18. The average Bonchev–Trinajstić information content (AvgIpc) is 2.61. The molecule has 1 heterocycles. The third-order valence-corrected chi connectivity index (χ3v) is 5.52. The van der Waals surface area contributed by atoms with Crippen molar-refractivity contribution >= 4 is 46.2 Å². The highest BCUT2D eigenvalue weighted by atomic mass is 35.5. The van der Waals surface area contributed by atoms with Gasteiger partial charge in [-0.15, -0.1) is 0 Å². The summed E-state index contributed by atoms with van der Waals surface area (Å²) in [4.78, 5) is 1.85. The van der Waals surface area contributed by atoms with Crippen LogP contribution in [0.4, 0.5) is 18.9 Å². The molecule has 0 radical (unpaired) electrons. The Morgan fingerprint density at radius 2 is 1.68 bits per heavy atom. The van der Waals surface area contributed by atoms with E-state index in [2.05, 4.69) is 5.32 Å². The summed E-state index contributed by atoms with van der Waals surface area (Å²) in [6.07, 6.45) is -3.93. The number of benzene rings is 2. The lowest BCUT2D eigenvalue weighted by molar-refractivity contribution is -0.137. The quantitative estimate of drug-likeness (QED) is 0.578. The third-order valence-electron chi connectivity index (χ3n) is 4.72. The highest BCUT2D eigenvalue weighted by molar-refractivity contribution is 7.80. The van der Waals surface area contributed by atoms with Crippen molar-refractivity contribution in [3.8, 4) is 0 Å². The van der Waals surface area contributed by atoms with Crippen molar-refractivity contribution < 1.29 is 18.3 Å². The fourth-order valence-corrected chi connectivity index (χ4v) is 4.01. The Kier molecular flexibility index (Phi) is 6.10. The summed E-state index contributed by atoms with van der Waals surface area (Å²) in [6, 6.07) is 9.82. The Labute approximate surface area is 176 Å². The van der Waals surface area contributed by atoms with Gasteiger partial charge >= 0.3 is 6.18 Å². The predicted octanol–water partition coefficient (Wildman–Crippen LogP) is 5.69. The van der Waals surface area contributed by atoms with Gasteiger partial charge in [0, 0.05) is 28.8 Å². The van der Waals surface area contributed by atoms with E-state index >= 15 is 0 Å². The number of rotatable bonds is 2. The molecule has 3 nitrogen and oxygen atoms in total. The first-order chi connectivity index (χ1) is 13.1. The van der Waals surface area contributed by atoms with Gasteiger partial charge in [0.15, 0.2) is 5.11 Å². The maximum Gasteiger partial charge on any atom is 0.416 e. The summed E-state index contributed by atoms with van der Waals surface area (Å²) >= 11 is 17.4. The molecular weight excluding hydrogens is 432 g/mol. The van der Waals surface area contributed by atoms with Crippen LogP contribution in [0.2, 0.25) is 10.0 Å². The van der Waals surface area contributed by atoms with Gasteiger partial charge in [-0.25, -0.2) is 0 Å². The zero-order valence-electron chi connectivity index (χ0n) is 14.6. The van der Waals surface area contributed by atoms with Gasteiger partial charge < -0.3 is 15.3 Å². The fraction of sp³-hybridized carbons (Fsp3) is 0.316. The maximum atomic E-state index is 13.0. The lowest BCUT2D eigenvalue weighted by Gasteiger charge is -2.39. The first-order valence-electron chi connectivity index (χ1n) is 8.49. The van der Waals surface area contributed by atoms with Gasteiger partial charge in [0.1, 0.15) is 0 Å². The van der Waals surface area contributed by atoms with Crippen molar-refractivity contribution in [3.63, 3.8) is 0 Å². The van der Waals surface area contributed by atoms with Crippen molar-refractivity contribution in [3.05, 3.63) is 63.6 Å². The van der Waals surface area contributed by atoms with Crippen LogP contribution < -0.4 is 5.32 Å². The van der Waals surface area contributed by atoms with Crippen LogP contribution in [0.3, 0.4) is 0 Å². The number of aliphatic hydroxyl groups is 1. The minimum absolute atomic E-state index is 0.256. The normalized spacial score (nSPS) is 16.7. The molecule has 9 heteroatoms. The van der Waals surface area contributed by atoms with Crippen LogP contribution in [0, 0.1) is 0 Å². The van der Waals surface area contributed by atoms with E-state index in [1.54, 1.807) is 18.2 Å². The highest BCUT2D eigenvalue weighted by Crippen LogP contribution is 2.37. The number of hydrogen-bond donors (Lipinski definition) is 2. The molecule has 1 aliphatic rings. The lowest BCUT2D eigenvalue weighted by atomic mass is 9.84. The number of likely N-dealkylation sites (tertiary alicyclic amines) is 1. The lowest BCUT2D eigenvalue weighted by Crippen LogP contribution is -2.46. The number of nitrogens with zero attached hydrogens (tertiary/aromatic N) is 1. The average molecular weight is 449 g/mol. The number of anilines is 1.